The van der Waals surface area contributed by atoms with Gasteiger partial charge in [0, 0.05) is 39.9 Å². The Balaban J connectivity index is 1.89. The van der Waals surface area contributed by atoms with Crippen LogP contribution in [0.2, 0.25) is 5.02 Å². The van der Waals surface area contributed by atoms with Gasteiger partial charge in [-0.1, -0.05) is 17.7 Å². The fraction of sp³-hybridized carbons (Fsp3) is 0.600. The molecular weight excluding hydrogens is 260 g/mol. The third kappa shape index (κ3) is 4.68. The zero-order valence-corrected chi connectivity index (χ0v) is 12.5. The molecule has 0 aliphatic heterocycles. The van der Waals surface area contributed by atoms with Gasteiger partial charge in [0.2, 0.25) is 0 Å². The zero-order chi connectivity index (χ0) is 13.7. The van der Waals surface area contributed by atoms with Crippen LogP contribution in [-0.2, 0) is 11.3 Å². The third-order valence-electron chi connectivity index (χ3n) is 3.44. The first-order valence-corrected chi connectivity index (χ1v) is 7.30. The van der Waals surface area contributed by atoms with Gasteiger partial charge in [-0.2, -0.15) is 0 Å². The SMILES string of the molecule is COCCCN(C)c1ccc(CNC2CC2)cc1Cl. The van der Waals surface area contributed by atoms with E-state index in [0.717, 1.165) is 42.9 Å². The van der Waals surface area contributed by atoms with Crippen molar-refractivity contribution in [1.82, 2.24) is 5.32 Å². The molecule has 0 radical (unpaired) electrons. The van der Waals surface area contributed by atoms with Crippen LogP contribution < -0.4 is 10.2 Å². The molecule has 3 nitrogen and oxygen atoms in total. The number of halogens is 1. The molecule has 2 rings (SSSR count). The lowest BCUT2D eigenvalue weighted by atomic mass is 10.2. The maximum atomic E-state index is 6.37. The highest BCUT2D eigenvalue weighted by Crippen LogP contribution is 2.27. The molecule has 1 aromatic carbocycles. The molecule has 1 fully saturated rings. The van der Waals surface area contributed by atoms with Crippen LogP contribution >= 0.6 is 11.6 Å². The summed E-state index contributed by atoms with van der Waals surface area (Å²) in [6.07, 6.45) is 3.64. The van der Waals surface area contributed by atoms with Crippen LogP contribution in [-0.4, -0.2) is 33.4 Å². The van der Waals surface area contributed by atoms with Crippen molar-refractivity contribution < 1.29 is 4.74 Å². The minimum atomic E-state index is 0.732. The van der Waals surface area contributed by atoms with Crippen molar-refractivity contribution in [2.75, 3.05) is 32.2 Å². The van der Waals surface area contributed by atoms with E-state index >= 15 is 0 Å². The van der Waals surface area contributed by atoms with Crippen LogP contribution in [0.15, 0.2) is 18.2 Å². The van der Waals surface area contributed by atoms with Crippen LogP contribution in [0.3, 0.4) is 0 Å². The fourth-order valence-corrected chi connectivity index (χ4v) is 2.43. The van der Waals surface area contributed by atoms with Gasteiger partial charge < -0.3 is 15.0 Å². The number of methoxy groups -OCH3 is 1. The first-order valence-electron chi connectivity index (χ1n) is 6.92. The van der Waals surface area contributed by atoms with Gasteiger partial charge in [-0.25, -0.2) is 0 Å². The van der Waals surface area contributed by atoms with E-state index in [1.165, 1.54) is 18.4 Å². The molecule has 19 heavy (non-hydrogen) atoms. The zero-order valence-electron chi connectivity index (χ0n) is 11.8. The summed E-state index contributed by atoms with van der Waals surface area (Å²) in [5.74, 6) is 0. The predicted octanol–water partition coefficient (Wildman–Crippen LogP) is 3.06. The summed E-state index contributed by atoms with van der Waals surface area (Å²) < 4.78 is 5.07. The molecule has 0 amide bonds. The third-order valence-corrected chi connectivity index (χ3v) is 3.74. The predicted molar refractivity (Wildman–Crippen MR) is 81.1 cm³/mol. The molecule has 0 atom stereocenters. The van der Waals surface area contributed by atoms with Gasteiger partial charge in [0.05, 0.1) is 10.7 Å². The number of hydrogen-bond acceptors (Lipinski definition) is 3. The molecule has 1 N–H and O–H groups in total. The van der Waals surface area contributed by atoms with Gasteiger partial charge in [-0.15, -0.1) is 0 Å². The summed E-state index contributed by atoms with van der Waals surface area (Å²) in [6, 6.07) is 7.07. The van der Waals surface area contributed by atoms with E-state index in [-0.39, 0.29) is 0 Å². The van der Waals surface area contributed by atoms with Crippen molar-refractivity contribution in [3.05, 3.63) is 28.8 Å². The van der Waals surface area contributed by atoms with Crippen LogP contribution in [0.4, 0.5) is 5.69 Å². The molecule has 1 aliphatic rings. The Labute approximate surface area is 120 Å². The topological polar surface area (TPSA) is 24.5 Å². The average molecular weight is 283 g/mol. The number of rotatable bonds is 8. The number of benzene rings is 1. The van der Waals surface area contributed by atoms with Crippen molar-refractivity contribution in [3.63, 3.8) is 0 Å². The number of nitrogens with one attached hydrogen (secondary N) is 1. The van der Waals surface area contributed by atoms with Gasteiger partial charge in [-0.3, -0.25) is 0 Å². The van der Waals surface area contributed by atoms with Gasteiger partial charge in [0.1, 0.15) is 0 Å². The van der Waals surface area contributed by atoms with Gasteiger partial charge in [0.25, 0.3) is 0 Å². The summed E-state index contributed by atoms with van der Waals surface area (Å²) in [5.41, 5.74) is 2.35. The molecule has 106 valence electrons. The van der Waals surface area contributed by atoms with Crippen molar-refractivity contribution in [1.29, 1.82) is 0 Å². The second-order valence-corrected chi connectivity index (χ2v) is 5.62. The molecule has 1 aliphatic carbocycles. The number of hydrogen-bond donors (Lipinski definition) is 1. The quantitative estimate of drug-likeness (QED) is 0.742. The highest BCUT2D eigenvalue weighted by atomic mass is 35.5. The van der Waals surface area contributed by atoms with Gasteiger partial charge in [-0.05, 0) is 37.0 Å². The van der Waals surface area contributed by atoms with Crippen molar-refractivity contribution in [2.45, 2.75) is 31.8 Å². The lowest BCUT2D eigenvalue weighted by Gasteiger charge is -2.21. The van der Waals surface area contributed by atoms with Gasteiger partial charge >= 0.3 is 0 Å². The average Bonchev–Trinajstić information content (AvgIpc) is 3.20. The molecule has 0 heterocycles. The summed E-state index contributed by atoms with van der Waals surface area (Å²) in [5, 5.41) is 4.33. The van der Waals surface area contributed by atoms with Crippen LogP contribution in [0, 0.1) is 0 Å². The normalized spacial score (nSPS) is 14.7. The summed E-state index contributed by atoms with van der Waals surface area (Å²) >= 11 is 6.37. The minimum Gasteiger partial charge on any atom is -0.385 e. The largest absolute Gasteiger partial charge is 0.385 e. The van der Waals surface area contributed by atoms with Gasteiger partial charge in [0.15, 0.2) is 0 Å². The highest BCUT2D eigenvalue weighted by molar-refractivity contribution is 6.33. The second kappa shape index (κ2) is 7.13. The number of nitrogens with zero attached hydrogens (tertiary/aromatic N) is 1. The lowest BCUT2D eigenvalue weighted by Crippen LogP contribution is -2.20. The maximum absolute atomic E-state index is 6.37. The Bertz CT molecular complexity index is 407. The highest BCUT2D eigenvalue weighted by Gasteiger charge is 2.20. The molecular formula is C15H23ClN2O. The van der Waals surface area contributed by atoms with E-state index < -0.39 is 0 Å². The molecule has 1 aromatic rings. The Kier molecular flexibility index (Phi) is 5.49. The van der Waals surface area contributed by atoms with Crippen LogP contribution in [0.1, 0.15) is 24.8 Å². The summed E-state index contributed by atoms with van der Waals surface area (Å²) in [6.45, 7) is 2.65. The maximum Gasteiger partial charge on any atom is 0.0642 e. The Morgan fingerprint density at radius 3 is 2.84 bits per heavy atom. The van der Waals surface area contributed by atoms with E-state index in [9.17, 15) is 0 Å². The Morgan fingerprint density at radius 2 is 2.21 bits per heavy atom. The Hall–Kier alpha value is -0.770. The standard InChI is InChI=1S/C15H23ClN2O/c1-18(8-3-9-19-2)15-7-4-12(10-14(15)16)11-17-13-5-6-13/h4,7,10,13,17H,3,5-6,8-9,11H2,1-2H3. The molecule has 0 aromatic heterocycles. The van der Waals surface area contributed by atoms with Crippen LogP contribution in [0.5, 0.6) is 0 Å². The smallest absolute Gasteiger partial charge is 0.0642 e. The number of anilines is 1. The summed E-state index contributed by atoms with van der Waals surface area (Å²) in [4.78, 5) is 2.18. The van der Waals surface area contributed by atoms with Crippen molar-refractivity contribution in [3.8, 4) is 0 Å². The molecule has 1 saturated carbocycles. The first-order chi connectivity index (χ1) is 9.20. The molecule has 0 unspecified atom stereocenters. The van der Waals surface area contributed by atoms with E-state index in [1.54, 1.807) is 7.11 Å². The monoisotopic (exact) mass is 282 g/mol. The van der Waals surface area contributed by atoms with Crippen molar-refractivity contribution >= 4 is 17.3 Å². The van der Waals surface area contributed by atoms with E-state index in [1.807, 2.05) is 0 Å². The van der Waals surface area contributed by atoms with E-state index in [0.29, 0.717) is 0 Å². The number of ether oxygens (including phenoxy) is 1. The molecule has 0 bridgehead atoms. The van der Waals surface area contributed by atoms with E-state index in [4.69, 9.17) is 16.3 Å². The minimum absolute atomic E-state index is 0.732. The fourth-order valence-electron chi connectivity index (χ4n) is 2.09. The lowest BCUT2D eigenvalue weighted by molar-refractivity contribution is 0.196. The van der Waals surface area contributed by atoms with E-state index in [2.05, 4.69) is 35.5 Å². The first kappa shape index (κ1) is 14.6. The second-order valence-electron chi connectivity index (χ2n) is 5.21. The summed E-state index contributed by atoms with van der Waals surface area (Å²) in [7, 11) is 3.80. The molecule has 0 spiro atoms. The Morgan fingerprint density at radius 1 is 1.42 bits per heavy atom. The van der Waals surface area contributed by atoms with Crippen molar-refractivity contribution in [2.24, 2.45) is 0 Å². The molecule has 0 saturated heterocycles. The van der Waals surface area contributed by atoms with Crippen LogP contribution in [0.25, 0.3) is 0 Å². The molecule has 4 heteroatoms.